The molecule has 0 radical (unpaired) electrons. The Kier molecular flexibility index (Phi) is 5.01. The lowest BCUT2D eigenvalue weighted by molar-refractivity contribution is 1.02. The summed E-state index contributed by atoms with van der Waals surface area (Å²) in [6.07, 6.45) is 7.01. The van der Waals surface area contributed by atoms with Crippen molar-refractivity contribution in [3.63, 3.8) is 0 Å². The van der Waals surface area contributed by atoms with Crippen LogP contribution < -0.4 is 10.6 Å². The maximum Gasteiger partial charge on any atom is 0.223 e. The maximum absolute atomic E-state index is 4.66. The molecule has 0 fully saturated rings. The van der Waals surface area contributed by atoms with Crippen LogP contribution in [0.1, 0.15) is 0 Å². The van der Waals surface area contributed by atoms with Crippen molar-refractivity contribution >= 4 is 11.8 Å². The average Bonchev–Trinajstić information content (AvgIpc) is 3.27. The number of pyridine rings is 1. The minimum Gasteiger partial charge on any atom is -0.368 e. The highest BCUT2D eigenvalue weighted by Crippen LogP contribution is 2.29. The third kappa shape index (κ3) is 4.09. The SMILES string of the molecule is c1ccc(NCCNc2nccc(-c3ccccc3-c3cnc[nH]3)n2)nc1. The molecule has 0 aliphatic rings. The molecule has 27 heavy (non-hydrogen) atoms. The number of aromatic amines is 1. The molecule has 3 heterocycles. The van der Waals surface area contributed by atoms with Crippen LogP contribution in [0, 0.1) is 0 Å². The third-order valence-electron chi connectivity index (χ3n) is 4.03. The molecule has 0 saturated carbocycles. The van der Waals surface area contributed by atoms with E-state index in [2.05, 4.69) is 41.6 Å². The van der Waals surface area contributed by atoms with Crippen LogP contribution in [0.15, 0.2) is 73.4 Å². The number of hydrogen-bond donors (Lipinski definition) is 3. The summed E-state index contributed by atoms with van der Waals surface area (Å²) in [5, 5.41) is 6.50. The van der Waals surface area contributed by atoms with Crippen molar-refractivity contribution in [3.05, 3.63) is 73.4 Å². The fourth-order valence-electron chi connectivity index (χ4n) is 2.77. The first-order valence-corrected chi connectivity index (χ1v) is 8.70. The van der Waals surface area contributed by atoms with Crippen LogP contribution in [0.4, 0.5) is 11.8 Å². The molecule has 7 nitrogen and oxygen atoms in total. The van der Waals surface area contributed by atoms with Crippen LogP contribution in [-0.4, -0.2) is 38.0 Å². The summed E-state index contributed by atoms with van der Waals surface area (Å²) < 4.78 is 0. The number of hydrogen-bond acceptors (Lipinski definition) is 6. The van der Waals surface area contributed by atoms with Gasteiger partial charge in [-0.25, -0.2) is 19.9 Å². The molecule has 7 heteroatoms. The van der Waals surface area contributed by atoms with Gasteiger partial charge in [0.2, 0.25) is 5.95 Å². The quantitative estimate of drug-likeness (QED) is 0.439. The summed E-state index contributed by atoms with van der Waals surface area (Å²) in [4.78, 5) is 20.5. The first kappa shape index (κ1) is 16.7. The molecule has 0 bridgehead atoms. The van der Waals surface area contributed by atoms with Crippen molar-refractivity contribution in [2.45, 2.75) is 0 Å². The van der Waals surface area contributed by atoms with E-state index in [1.165, 1.54) is 0 Å². The largest absolute Gasteiger partial charge is 0.368 e. The molecule has 0 saturated heterocycles. The van der Waals surface area contributed by atoms with Crippen LogP contribution in [0.2, 0.25) is 0 Å². The molecule has 0 aliphatic heterocycles. The number of benzene rings is 1. The average molecular weight is 357 g/mol. The summed E-state index contributed by atoms with van der Waals surface area (Å²) in [5.74, 6) is 1.44. The van der Waals surface area contributed by atoms with Crippen molar-refractivity contribution in [1.29, 1.82) is 0 Å². The Morgan fingerprint density at radius 2 is 1.67 bits per heavy atom. The molecule has 1 aromatic carbocycles. The van der Waals surface area contributed by atoms with Crippen molar-refractivity contribution in [2.75, 3.05) is 23.7 Å². The van der Waals surface area contributed by atoms with Gasteiger partial charge in [-0.05, 0) is 18.2 Å². The van der Waals surface area contributed by atoms with E-state index in [1.54, 1.807) is 18.7 Å². The molecule has 0 atom stereocenters. The summed E-state index contributed by atoms with van der Waals surface area (Å²) in [6, 6.07) is 15.8. The Morgan fingerprint density at radius 1 is 0.815 bits per heavy atom. The lowest BCUT2D eigenvalue weighted by atomic mass is 10.0. The van der Waals surface area contributed by atoms with Gasteiger partial charge in [-0.2, -0.15) is 0 Å². The highest BCUT2D eigenvalue weighted by atomic mass is 15.1. The number of nitrogens with zero attached hydrogens (tertiary/aromatic N) is 4. The highest BCUT2D eigenvalue weighted by molar-refractivity contribution is 5.80. The molecule has 134 valence electrons. The molecule has 0 unspecified atom stereocenters. The van der Waals surface area contributed by atoms with Gasteiger partial charge in [-0.1, -0.05) is 30.3 Å². The van der Waals surface area contributed by atoms with Crippen molar-refractivity contribution in [2.24, 2.45) is 0 Å². The van der Waals surface area contributed by atoms with E-state index in [1.807, 2.05) is 48.7 Å². The van der Waals surface area contributed by atoms with Gasteiger partial charge in [0.1, 0.15) is 5.82 Å². The van der Waals surface area contributed by atoms with Gasteiger partial charge in [0.05, 0.1) is 23.9 Å². The molecule has 0 aliphatic carbocycles. The van der Waals surface area contributed by atoms with Crippen LogP contribution in [0.25, 0.3) is 22.5 Å². The second-order valence-corrected chi connectivity index (χ2v) is 5.84. The molecular formula is C20H19N7. The van der Waals surface area contributed by atoms with E-state index in [0.717, 1.165) is 34.9 Å². The standard InChI is InChI=1S/C20H19N7/c1-2-6-16(18-13-21-14-26-18)15(5-1)17-8-10-24-20(27-17)25-12-11-23-19-7-3-4-9-22-19/h1-10,13-14H,11-12H2,(H,21,26)(H,22,23)(H,24,25,27). The van der Waals surface area contributed by atoms with Crippen LogP contribution in [-0.2, 0) is 0 Å². The molecular weight excluding hydrogens is 338 g/mol. The molecule has 0 spiro atoms. The van der Waals surface area contributed by atoms with Gasteiger partial charge in [0.25, 0.3) is 0 Å². The predicted molar refractivity (Wildman–Crippen MR) is 106 cm³/mol. The Balaban J connectivity index is 1.46. The van der Waals surface area contributed by atoms with E-state index in [-0.39, 0.29) is 0 Å². The molecule has 3 N–H and O–H groups in total. The number of nitrogens with one attached hydrogen (secondary N) is 3. The van der Waals surface area contributed by atoms with Gasteiger partial charge in [-0.15, -0.1) is 0 Å². The Hall–Kier alpha value is -3.74. The third-order valence-corrected chi connectivity index (χ3v) is 4.03. The number of imidazole rings is 1. The number of aromatic nitrogens is 5. The van der Waals surface area contributed by atoms with Crippen LogP contribution in [0.5, 0.6) is 0 Å². The first-order chi connectivity index (χ1) is 13.4. The van der Waals surface area contributed by atoms with Crippen molar-refractivity contribution in [3.8, 4) is 22.5 Å². The van der Waals surface area contributed by atoms with E-state index < -0.39 is 0 Å². The summed E-state index contributed by atoms with van der Waals surface area (Å²) >= 11 is 0. The van der Waals surface area contributed by atoms with E-state index in [9.17, 15) is 0 Å². The fraction of sp³-hybridized carbons (Fsp3) is 0.100. The van der Waals surface area contributed by atoms with E-state index >= 15 is 0 Å². The van der Waals surface area contributed by atoms with Gasteiger partial charge in [0.15, 0.2) is 0 Å². The summed E-state index contributed by atoms with van der Waals surface area (Å²) in [6.45, 7) is 1.40. The zero-order chi connectivity index (χ0) is 18.3. The van der Waals surface area contributed by atoms with Crippen LogP contribution >= 0.6 is 0 Å². The number of H-pyrrole nitrogens is 1. The monoisotopic (exact) mass is 357 g/mol. The molecule has 4 aromatic rings. The van der Waals surface area contributed by atoms with E-state index in [4.69, 9.17) is 0 Å². The Bertz CT molecular complexity index is 984. The lowest BCUT2D eigenvalue weighted by Gasteiger charge is -2.10. The maximum atomic E-state index is 4.66. The normalized spacial score (nSPS) is 10.5. The number of anilines is 2. The zero-order valence-corrected chi connectivity index (χ0v) is 14.6. The Morgan fingerprint density at radius 3 is 2.48 bits per heavy atom. The first-order valence-electron chi connectivity index (χ1n) is 8.70. The van der Waals surface area contributed by atoms with Gasteiger partial charge in [0, 0.05) is 36.6 Å². The smallest absolute Gasteiger partial charge is 0.223 e. The topological polar surface area (TPSA) is 91.4 Å². The minimum atomic E-state index is 0.592. The van der Waals surface area contributed by atoms with E-state index in [0.29, 0.717) is 12.5 Å². The Labute approximate surface area is 157 Å². The van der Waals surface area contributed by atoms with Gasteiger partial charge in [-0.3, -0.25) is 0 Å². The van der Waals surface area contributed by atoms with Gasteiger partial charge >= 0.3 is 0 Å². The molecule has 0 amide bonds. The van der Waals surface area contributed by atoms with Crippen LogP contribution in [0.3, 0.4) is 0 Å². The minimum absolute atomic E-state index is 0.592. The second-order valence-electron chi connectivity index (χ2n) is 5.84. The van der Waals surface area contributed by atoms with Crippen molar-refractivity contribution < 1.29 is 0 Å². The molecule has 3 aromatic heterocycles. The lowest BCUT2D eigenvalue weighted by Crippen LogP contribution is -2.15. The number of rotatable bonds is 7. The fourth-order valence-corrected chi connectivity index (χ4v) is 2.77. The zero-order valence-electron chi connectivity index (χ0n) is 14.6. The summed E-state index contributed by atoms with van der Waals surface area (Å²) in [5.41, 5.74) is 3.89. The highest BCUT2D eigenvalue weighted by Gasteiger charge is 2.10. The summed E-state index contributed by atoms with van der Waals surface area (Å²) in [7, 11) is 0. The predicted octanol–water partition coefficient (Wildman–Crippen LogP) is 3.45. The van der Waals surface area contributed by atoms with Gasteiger partial charge < -0.3 is 15.6 Å². The molecule has 4 rings (SSSR count). The second kappa shape index (κ2) is 8.09. The van der Waals surface area contributed by atoms with Crippen molar-refractivity contribution in [1.82, 2.24) is 24.9 Å².